The van der Waals surface area contributed by atoms with Gasteiger partial charge in [0.15, 0.2) is 5.69 Å². The van der Waals surface area contributed by atoms with Crippen molar-refractivity contribution in [2.24, 2.45) is 0 Å². The minimum atomic E-state index is -0.212. The Morgan fingerprint density at radius 3 is 2.56 bits per heavy atom. The molecule has 3 aromatic rings. The highest BCUT2D eigenvalue weighted by atomic mass is 35.5. The van der Waals surface area contributed by atoms with Crippen molar-refractivity contribution in [1.29, 1.82) is 0 Å². The van der Waals surface area contributed by atoms with Gasteiger partial charge in [-0.05, 0) is 57.4 Å². The number of rotatable bonds is 7. The molecule has 0 radical (unpaired) electrons. The summed E-state index contributed by atoms with van der Waals surface area (Å²) in [7, 11) is 4.02. The minimum absolute atomic E-state index is 0.212. The van der Waals surface area contributed by atoms with Gasteiger partial charge in [-0.1, -0.05) is 41.6 Å². The lowest BCUT2D eigenvalue weighted by Crippen LogP contribution is -2.28. The van der Waals surface area contributed by atoms with Gasteiger partial charge in [0.05, 0.1) is 11.0 Å². The number of fused-ring (bicyclic) bond motifs is 1. The van der Waals surface area contributed by atoms with Crippen molar-refractivity contribution in [3.63, 3.8) is 0 Å². The van der Waals surface area contributed by atoms with Crippen molar-refractivity contribution in [1.82, 2.24) is 20.2 Å². The number of para-hydroxylation sites is 2. The molecule has 1 N–H and O–H groups in total. The van der Waals surface area contributed by atoms with E-state index in [1.54, 1.807) is 0 Å². The van der Waals surface area contributed by atoms with E-state index in [0.717, 1.165) is 23.4 Å². The van der Waals surface area contributed by atoms with Gasteiger partial charge in [0, 0.05) is 16.5 Å². The fourth-order valence-corrected chi connectivity index (χ4v) is 3.72. The Balaban J connectivity index is 1.88. The minimum Gasteiger partial charge on any atom is -0.351 e. The first-order valence-electron chi connectivity index (χ1n) is 8.66. The summed E-state index contributed by atoms with van der Waals surface area (Å²) in [6, 6.07) is 15.0. The van der Waals surface area contributed by atoms with Crippen molar-refractivity contribution in [3.05, 3.63) is 59.2 Å². The van der Waals surface area contributed by atoms with Crippen LogP contribution in [-0.4, -0.2) is 48.0 Å². The van der Waals surface area contributed by atoms with Crippen LogP contribution in [0.5, 0.6) is 0 Å². The number of nitrogens with zero attached hydrogens (tertiary/aromatic N) is 3. The van der Waals surface area contributed by atoms with Crippen LogP contribution in [0.3, 0.4) is 0 Å². The Kier molecular flexibility index (Phi) is 6.66. The Hall–Kier alpha value is -2.15. The Labute approximate surface area is 168 Å². The van der Waals surface area contributed by atoms with Crippen LogP contribution >= 0.6 is 23.4 Å². The van der Waals surface area contributed by atoms with Crippen LogP contribution in [0.4, 0.5) is 0 Å². The van der Waals surface area contributed by atoms with E-state index >= 15 is 0 Å². The van der Waals surface area contributed by atoms with E-state index in [0.29, 0.717) is 27.8 Å². The quantitative estimate of drug-likeness (QED) is 0.604. The molecule has 0 atom stereocenters. The van der Waals surface area contributed by atoms with Crippen molar-refractivity contribution >= 4 is 40.3 Å². The predicted molar refractivity (Wildman–Crippen MR) is 111 cm³/mol. The smallest absolute Gasteiger partial charge is 0.272 e. The Bertz CT molecular complexity index is 948. The molecule has 3 rings (SSSR count). The van der Waals surface area contributed by atoms with Crippen LogP contribution in [-0.2, 0) is 0 Å². The second-order valence-corrected chi connectivity index (χ2v) is 7.84. The van der Waals surface area contributed by atoms with Gasteiger partial charge in [-0.15, -0.1) is 0 Å². The molecular weight excluding hydrogens is 380 g/mol. The largest absolute Gasteiger partial charge is 0.351 e. The summed E-state index contributed by atoms with van der Waals surface area (Å²) in [6.45, 7) is 1.50. The van der Waals surface area contributed by atoms with Crippen LogP contribution in [0.15, 0.2) is 58.5 Å². The second-order valence-electron chi connectivity index (χ2n) is 6.34. The van der Waals surface area contributed by atoms with Gasteiger partial charge in [0.25, 0.3) is 5.91 Å². The van der Waals surface area contributed by atoms with Gasteiger partial charge >= 0.3 is 0 Å². The third-order valence-electron chi connectivity index (χ3n) is 3.83. The molecule has 0 aliphatic heterocycles. The molecule has 27 heavy (non-hydrogen) atoms. The number of nitrogens with one attached hydrogen (secondary N) is 1. The van der Waals surface area contributed by atoms with Crippen LogP contribution in [0.25, 0.3) is 11.0 Å². The molecule has 0 unspecified atom stereocenters. The second kappa shape index (κ2) is 9.17. The molecule has 140 valence electrons. The fraction of sp³-hybridized carbons (Fsp3) is 0.250. The molecule has 7 heteroatoms. The molecule has 1 amide bonds. The summed E-state index contributed by atoms with van der Waals surface area (Å²) < 4.78 is 0. The summed E-state index contributed by atoms with van der Waals surface area (Å²) in [5.41, 5.74) is 1.79. The first-order valence-corrected chi connectivity index (χ1v) is 9.85. The lowest BCUT2D eigenvalue weighted by atomic mass is 10.3. The number of halogens is 1. The SMILES string of the molecule is CN(C)CCCNC(=O)c1nc2ccccc2nc1Sc1cccc(Cl)c1. The molecule has 2 aromatic carbocycles. The molecule has 5 nitrogen and oxygen atoms in total. The number of carbonyl (C=O) groups excluding carboxylic acids is 1. The third-order valence-corrected chi connectivity index (χ3v) is 5.03. The zero-order chi connectivity index (χ0) is 19.2. The number of amides is 1. The van der Waals surface area contributed by atoms with Crippen LogP contribution in [0, 0.1) is 0 Å². The van der Waals surface area contributed by atoms with E-state index in [-0.39, 0.29) is 5.91 Å². The first kappa shape index (κ1) is 19.6. The predicted octanol–water partition coefficient (Wildman–Crippen LogP) is 4.12. The van der Waals surface area contributed by atoms with E-state index in [1.807, 2.05) is 62.6 Å². The number of hydrogen-bond donors (Lipinski definition) is 1. The summed E-state index contributed by atoms with van der Waals surface area (Å²) >= 11 is 7.47. The van der Waals surface area contributed by atoms with Gasteiger partial charge in [-0.2, -0.15) is 0 Å². The third kappa shape index (κ3) is 5.42. The van der Waals surface area contributed by atoms with E-state index in [2.05, 4.69) is 20.2 Å². The Morgan fingerprint density at radius 1 is 1.11 bits per heavy atom. The molecule has 0 aliphatic rings. The van der Waals surface area contributed by atoms with E-state index in [9.17, 15) is 4.79 Å². The molecule has 1 heterocycles. The molecule has 0 saturated heterocycles. The number of hydrogen-bond acceptors (Lipinski definition) is 5. The van der Waals surface area contributed by atoms with E-state index < -0.39 is 0 Å². The topological polar surface area (TPSA) is 58.1 Å². The van der Waals surface area contributed by atoms with Gasteiger partial charge < -0.3 is 10.2 Å². The van der Waals surface area contributed by atoms with Crippen molar-refractivity contribution < 1.29 is 4.79 Å². The van der Waals surface area contributed by atoms with E-state index in [4.69, 9.17) is 11.6 Å². The highest BCUT2D eigenvalue weighted by Crippen LogP contribution is 2.31. The average molecular weight is 401 g/mol. The molecule has 0 fully saturated rings. The number of benzene rings is 2. The average Bonchev–Trinajstić information content (AvgIpc) is 2.64. The molecule has 0 aliphatic carbocycles. The molecule has 0 bridgehead atoms. The highest BCUT2D eigenvalue weighted by Gasteiger charge is 2.17. The number of aromatic nitrogens is 2. The van der Waals surface area contributed by atoms with Crippen LogP contribution < -0.4 is 5.32 Å². The van der Waals surface area contributed by atoms with E-state index in [1.165, 1.54) is 11.8 Å². The van der Waals surface area contributed by atoms with Gasteiger partial charge in [0.1, 0.15) is 5.03 Å². The molecule has 1 aromatic heterocycles. The zero-order valence-electron chi connectivity index (χ0n) is 15.3. The zero-order valence-corrected chi connectivity index (χ0v) is 16.8. The molecule has 0 spiro atoms. The van der Waals surface area contributed by atoms with Crippen LogP contribution in [0.1, 0.15) is 16.9 Å². The van der Waals surface area contributed by atoms with Gasteiger partial charge in [-0.25, -0.2) is 9.97 Å². The summed E-state index contributed by atoms with van der Waals surface area (Å²) in [5.74, 6) is -0.212. The lowest BCUT2D eigenvalue weighted by Gasteiger charge is -2.12. The maximum absolute atomic E-state index is 12.7. The molecular formula is C20H21ClN4OS. The summed E-state index contributed by atoms with van der Waals surface area (Å²) in [4.78, 5) is 25.0. The number of carbonyl (C=O) groups is 1. The first-order chi connectivity index (χ1) is 13.0. The summed E-state index contributed by atoms with van der Waals surface area (Å²) in [5, 5.41) is 4.16. The standard InChI is InChI=1S/C20H21ClN4OS/c1-25(2)12-6-11-22-19(26)18-20(27-15-8-5-7-14(21)13-15)24-17-10-4-3-9-16(17)23-18/h3-5,7-10,13H,6,11-12H2,1-2H3,(H,22,26). The van der Waals surface area contributed by atoms with Crippen LogP contribution in [0.2, 0.25) is 5.02 Å². The normalized spacial score (nSPS) is 11.1. The fourth-order valence-electron chi connectivity index (χ4n) is 2.53. The van der Waals surface area contributed by atoms with Crippen molar-refractivity contribution in [2.75, 3.05) is 27.2 Å². The lowest BCUT2D eigenvalue weighted by molar-refractivity contribution is 0.0943. The maximum atomic E-state index is 12.7. The summed E-state index contributed by atoms with van der Waals surface area (Å²) in [6.07, 6.45) is 0.872. The van der Waals surface area contributed by atoms with Crippen molar-refractivity contribution in [3.8, 4) is 0 Å². The van der Waals surface area contributed by atoms with Gasteiger partial charge in [0.2, 0.25) is 0 Å². The van der Waals surface area contributed by atoms with Crippen molar-refractivity contribution in [2.45, 2.75) is 16.3 Å². The highest BCUT2D eigenvalue weighted by molar-refractivity contribution is 7.99. The van der Waals surface area contributed by atoms with Gasteiger partial charge in [-0.3, -0.25) is 4.79 Å². The monoisotopic (exact) mass is 400 g/mol. The molecule has 0 saturated carbocycles. The maximum Gasteiger partial charge on any atom is 0.272 e. The Morgan fingerprint density at radius 2 is 1.85 bits per heavy atom.